The number of sulfone groups is 1. The Morgan fingerprint density at radius 3 is 2.35 bits per heavy atom. The molecular weight excluding hydrogens is 258 g/mol. The van der Waals surface area contributed by atoms with E-state index in [4.69, 9.17) is 0 Å². The van der Waals surface area contributed by atoms with Crippen molar-refractivity contribution in [3.05, 3.63) is 15.6 Å². The first-order valence-electron chi connectivity index (χ1n) is 5.47. The second-order valence-corrected chi connectivity index (χ2v) is 7.65. The Kier molecular flexibility index (Phi) is 4.43. The third kappa shape index (κ3) is 3.61. The van der Waals surface area contributed by atoms with Crippen molar-refractivity contribution in [2.24, 2.45) is 0 Å². The van der Waals surface area contributed by atoms with Crippen LogP contribution in [0.3, 0.4) is 0 Å². The molecule has 1 aromatic heterocycles. The summed E-state index contributed by atoms with van der Waals surface area (Å²) in [4.78, 5) is 16.3. The van der Waals surface area contributed by atoms with Crippen molar-refractivity contribution in [3.63, 3.8) is 0 Å². The number of hydrogen-bond acceptors (Lipinski definition) is 5. The molecule has 1 rings (SSSR count). The molecule has 0 radical (unpaired) electrons. The van der Waals surface area contributed by atoms with Gasteiger partial charge in [-0.15, -0.1) is 11.3 Å². The van der Waals surface area contributed by atoms with Crippen LogP contribution in [0.2, 0.25) is 0 Å². The quantitative estimate of drug-likeness (QED) is 0.774. The van der Waals surface area contributed by atoms with Gasteiger partial charge in [0, 0.05) is 12.7 Å². The Balaban J connectivity index is 3.13. The van der Waals surface area contributed by atoms with Crippen molar-refractivity contribution >= 4 is 27.0 Å². The Morgan fingerprint density at radius 1 is 1.41 bits per heavy atom. The van der Waals surface area contributed by atoms with Gasteiger partial charge in [0.2, 0.25) is 0 Å². The fraction of sp³-hybridized carbons (Fsp3) is 0.636. The molecule has 0 unspecified atom stereocenters. The maximum absolute atomic E-state index is 11.5. The van der Waals surface area contributed by atoms with Crippen LogP contribution in [0.15, 0.2) is 0 Å². The lowest BCUT2D eigenvalue weighted by Gasteiger charge is -2.01. The van der Waals surface area contributed by atoms with Gasteiger partial charge < -0.3 is 0 Å². The molecule has 17 heavy (non-hydrogen) atoms. The summed E-state index contributed by atoms with van der Waals surface area (Å²) in [5.41, 5.74) is 0.712. The Morgan fingerprint density at radius 2 is 2.00 bits per heavy atom. The van der Waals surface area contributed by atoms with E-state index in [1.807, 2.05) is 13.8 Å². The van der Waals surface area contributed by atoms with Gasteiger partial charge in [0.15, 0.2) is 15.6 Å². The van der Waals surface area contributed by atoms with E-state index in [-0.39, 0.29) is 23.2 Å². The van der Waals surface area contributed by atoms with Crippen molar-refractivity contribution < 1.29 is 13.2 Å². The van der Waals surface area contributed by atoms with Crippen LogP contribution in [-0.4, -0.2) is 24.9 Å². The van der Waals surface area contributed by atoms with Gasteiger partial charge in [0.05, 0.1) is 10.6 Å². The van der Waals surface area contributed by atoms with Crippen LogP contribution in [0.25, 0.3) is 0 Å². The molecule has 4 nitrogen and oxygen atoms in total. The molecule has 0 aliphatic rings. The highest BCUT2D eigenvalue weighted by Gasteiger charge is 2.20. The van der Waals surface area contributed by atoms with Gasteiger partial charge >= 0.3 is 0 Å². The van der Waals surface area contributed by atoms with E-state index >= 15 is 0 Å². The average molecular weight is 275 g/mol. The molecule has 0 bridgehead atoms. The largest absolute Gasteiger partial charge is 0.294 e. The van der Waals surface area contributed by atoms with Gasteiger partial charge in [-0.1, -0.05) is 20.8 Å². The molecule has 6 heteroatoms. The third-order valence-corrected chi connectivity index (χ3v) is 5.30. The summed E-state index contributed by atoms with van der Waals surface area (Å²) < 4.78 is 23.0. The normalized spacial score (nSPS) is 12.1. The van der Waals surface area contributed by atoms with Crippen LogP contribution in [0.1, 0.15) is 54.0 Å². The van der Waals surface area contributed by atoms with Crippen molar-refractivity contribution in [1.29, 1.82) is 0 Å². The zero-order valence-electron chi connectivity index (χ0n) is 10.5. The molecule has 0 fully saturated rings. The first-order valence-corrected chi connectivity index (χ1v) is 8.11. The summed E-state index contributed by atoms with van der Waals surface area (Å²) in [6, 6.07) is 0. The van der Waals surface area contributed by atoms with Crippen LogP contribution in [0.4, 0.5) is 0 Å². The maximum atomic E-state index is 11.5. The smallest absolute Gasteiger partial charge is 0.171 e. The van der Waals surface area contributed by atoms with E-state index in [0.717, 1.165) is 0 Å². The number of nitrogens with zero attached hydrogens (tertiary/aromatic N) is 1. The number of hydrogen-bond donors (Lipinski definition) is 0. The van der Waals surface area contributed by atoms with Crippen molar-refractivity contribution in [2.75, 3.05) is 5.75 Å². The van der Waals surface area contributed by atoms with Crippen LogP contribution in [0, 0.1) is 0 Å². The highest BCUT2D eigenvalue weighted by molar-refractivity contribution is 7.90. The highest BCUT2D eigenvalue weighted by atomic mass is 32.2. The van der Waals surface area contributed by atoms with Gasteiger partial charge in [0.1, 0.15) is 10.8 Å². The number of carbonyl (C=O) groups excluding carboxylic acids is 1. The van der Waals surface area contributed by atoms with E-state index in [1.165, 1.54) is 18.3 Å². The lowest BCUT2D eigenvalue weighted by Crippen LogP contribution is -2.06. The van der Waals surface area contributed by atoms with Gasteiger partial charge in [-0.25, -0.2) is 13.4 Å². The number of Topliss-reactive ketones (excluding diaryl/α,β-unsaturated/α-hetero) is 1. The van der Waals surface area contributed by atoms with Crippen LogP contribution in [0.5, 0.6) is 0 Å². The monoisotopic (exact) mass is 275 g/mol. The SMILES string of the molecule is CCS(=O)(=O)Cc1nc(C(C)C)c(C(C)=O)s1. The van der Waals surface area contributed by atoms with E-state index < -0.39 is 9.84 Å². The Hall–Kier alpha value is -0.750. The van der Waals surface area contributed by atoms with E-state index in [1.54, 1.807) is 6.92 Å². The first-order chi connectivity index (χ1) is 7.76. The molecule has 1 heterocycles. The molecule has 1 aromatic rings. The summed E-state index contributed by atoms with van der Waals surface area (Å²) in [6.07, 6.45) is 0. The second kappa shape index (κ2) is 5.27. The number of ketones is 1. The summed E-state index contributed by atoms with van der Waals surface area (Å²) in [5, 5.41) is 0.515. The number of thiazole rings is 1. The van der Waals surface area contributed by atoms with Gasteiger partial charge in [-0.2, -0.15) is 0 Å². The molecule has 0 saturated carbocycles. The van der Waals surface area contributed by atoms with Crippen molar-refractivity contribution in [2.45, 2.75) is 39.4 Å². The van der Waals surface area contributed by atoms with Crippen LogP contribution < -0.4 is 0 Å². The summed E-state index contributed by atoms with van der Waals surface area (Å²) >= 11 is 1.20. The average Bonchev–Trinajstić information content (AvgIpc) is 2.61. The first kappa shape index (κ1) is 14.3. The van der Waals surface area contributed by atoms with E-state index in [0.29, 0.717) is 15.6 Å². The molecule has 0 aliphatic carbocycles. The van der Waals surface area contributed by atoms with Crippen molar-refractivity contribution in [3.8, 4) is 0 Å². The molecule has 0 spiro atoms. The lowest BCUT2D eigenvalue weighted by atomic mass is 10.1. The molecule has 0 aliphatic heterocycles. The molecule has 96 valence electrons. The van der Waals surface area contributed by atoms with Crippen LogP contribution >= 0.6 is 11.3 Å². The molecule has 0 atom stereocenters. The number of rotatable bonds is 5. The maximum Gasteiger partial charge on any atom is 0.171 e. The predicted molar refractivity (Wildman–Crippen MR) is 69.4 cm³/mol. The third-order valence-electron chi connectivity index (χ3n) is 2.35. The van der Waals surface area contributed by atoms with E-state index in [2.05, 4.69) is 4.98 Å². The Labute approximate surface area is 106 Å². The minimum Gasteiger partial charge on any atom is -0.294 e. The summed E-state index contributed by atoms with van der Waals surface area (Å²) in [6.45, 7) is 6.98. The van der Waals surface area contributed by atoms with Gasteiger partial charge in [0.25, 0.3) is 0 Å². The molecule has 0 aromatic carbocycles. The number of aromatic nitrogens is 1. The topological polar surface area (TPSA) is 64.1 Å². The molecule has 0 N–H and O–H groups in total. The summed E-state index contributed by atoms with van der Waals surface area (Å²) in [7, 11) is -3.09. The minimum atomic E-state index is -3.09. The van der Waals surface area contributed by atoms with E-state index in [9.17, 15) is 13.2 Å². The number of carbonyl (C=O) groups is 1. The van der Waals surface area contributed by atoms with Crippen LogP contribution in [-0.2, 0) is 15.6 Å². The lowest BCUT2D eigenvalue weighted by molar-refractivity contribution is 0.102. The highest BCUT2D eigenvalue weighted by Crippen LogP contribution is 2.26. The minimum absolute atomic E-state index is 0.0497. The zero-order chi connectivity index (χ0) is 13.2. The fourth-order valence-corrected chi connectivity index (χ4v) is 3.70. The molecule has 0 amide bonds. The zero-order valence-corrected chi connectivity index (χ0v) is 12.1. The second-order valence-electron chi connectivity index (χ2n) is 4.21. The molecule has 0 saturated heterocycles. The molecular formula is C11H17NO3S2. The van der Waals surface area contributed by atoms with Gasteiger partial charge in [-0.05, 0) is 5.92 Å². The predicted octanol–water partition coefficient (Wildman–Crippen LogP) is 2.40. The fourth-order valence-electron chi connectivity index (χ4n) is 1.37. The standard InChI is InChI=1S/C11H17NO3S2/c1-5-17(14,15)6-9-12-10(7(2)3)11(16-9)8(4)13/h7H,5-6H2,1-4H3. The summed E-state index contributed by atoms with van der Waals surface area (Å²) in [5.74, 6) is 0.106. The Bertz CT molecular complexity index is 515. The van der Waals surface area contributed by atoms with Gasteiger partial charge in [-0.3, -0.25) is 4.79 Å². The van der Waals surface area contributed by atoms with Crippen molar-refractivity contribution in [1.82, 2.24) is 4.98 Å².